The summed E-state index contributed by atoms with van der Waals surface area (Å²) in [6, 6.07) is 5.06. The number of ether oxygens (including phenoxy) is 1. The highest BCUT2D eigenvalue weighted by molar-refractivity contribution is 7.93. The van der Waals surface area contributed by atoms with E-state index in [1.54, 1.807) is 7.05 Å². The van der Waals surface area contributed by atoms with Crippen molar-refractivity contribution in [2.45, 2.75) is 5.51 Å². The standard InChI is InChI=1S/C9H11F3N2O3S/c1-13-6-17-8-4-2-7(3-5-8)14-18(15,16)9(10,11)12/h2-5,13-14H,6H2,1H3. The first-order chi connectivity index (χ1) is 8.26. The zero-order chi connectivity index (χ0) is 13.8. The maximum atomic E-state index is 12.1. The van der Waals surface area contributed by atoms with Crippen LogP contribution >= 0.6 is 0 Å². The zero-order valence-corrected chi connectivity index (χ0v) is 10.1. The first kappa shape index (κ1) is 14.6. The van der Waals surface area contributed by atoms with Crippen molar-refractivity contribution in [2.75, 3.05) is 18.5 Å². The average molecular weight is 284 g/mol. The van der Waals surface area contributed by atoms with Crippen LogP contribution in [0.1, 0.15) is 0 Å². The Kier molecular flexibility index (Phi) is 4.41. The van der Waals surface area contributed by atoms with Crippen molar-refractivity contribution >= 4 is 15.7 Å². The van der Waals surface area contributed by atoms with Crippen molar-refractivity contribution in [1.82, 2.24) is 5.32 Å². The van der Waals surface area contributed by atoms with Crippen LogP contribution in [0.25, 0.3) is 0 Å². The summed E-state index contributed by atoms with van der Waals surface area (Å²) in [6.07, 6.45) is 0. The van der Waals surface area contributed by atoms with Gasteiger partial charge in [-0.1, -0.05) is 0 Å². The lowest BCUT2D eigenvalue weighted by Gasteiger charge is -2.11. The van der Waals surface area contributed by atoms with Crippen LogP contribution in [0.2, 0.25) is 0 Å². The SMILES string of the molecule is CNCOc1ccc(NS(=O)(=O)C(F)(F)F)cc1. The topological polar surface area (TPSA) is 67.4 Å². The number of benzene rings is 1. The smallest absolute Gasteiger partial charge is 0.478 e. The third-order valence-corrected chi connectivity index (χ3v) is 2.91. The van der Waals surface area contributed by atoms with E-state index in [0.29, 0.717) is 5.75 Å². The minimum absolute atomic E-state index is 0.191. The fourth-order valence-electron chi connectivity index (χ4n) is 0.988. The van der Waals surface area contributed by atoms with E-state index in [9.17, 15) is 21.6 Å². The van der Waals surface area contributed by atoms with Gasteiger partial charge in [-0.25, -0.2) is 0 Å². The van der Waals surface area contributed by atoms with E-state index in [-0.39, 0.29) is 12.4 Å². The molecular formula is C9H11F3N2O3S. The Balaban J connectivity index is 2.76. The van der Waals surface area contributed by atoms with E-state index in [0.717, 1.165) is 0 Å². The van der Waals surface area contributed by atoms with E-state index in [2.05, 4.69) is 5.32 Å². The van der Waals surface area contributed by atoms with Crippen LogP contribution in [0.5, 0.6) is 5.75 Å². The lowest BCUT2D eigenvalue weighted by molar-refractivity contribution is -0.0429. The van der Waals surface area contributed by atoms with Gasteiger partial charge in [-0.2, -0.15) is 21.6 Å². The van der Waals surface area contributed by atoms with Crippen LogP contribution in [0.15, 0.2) is 24.3 Å². The van der Waals surface area contributed by atoms with E-state index in [1.165, 1.54) is 29.0 Å². The first-order valence-electron chi connectivity index (χ1n) is 4.73. The molecule has 18 heavy (non-hydrogen) atoms. The van der Waals surface area contributed by atoms with Gasteiger partial charge >= 0.3 is 15.5 Å². The summed E-state index contributed by atoms with van der Waals surface area (Å²) >= 11 is 0. The summed E-state index contributed by atoms with van der Waals surface area (Å²) in [6.45, 7) is 0.230. The van der Waals surface area contributed by atoms with Crippen molar-refractivity contribution in [1.29, 1.82) is 0 Å². The highest BCUT2D eigenvalue weighted by Crippen LogP contribution is 2.26. The molecule has 1 aromatic carbocycles. The zero-order valence-electron chi connectivity index (χ0n) is 9.28. The quantitative estimate of drug-likeness (QED) is 0.804. The molecule has 0 radical (unpaired) electrons. The Morgan fingerprint density at radius 1 is 1.22 bits per heavy atom. The Morgan fingerprint density at radius 3 is 2.22 bits per heavy atom. The molecular weight excluding hydrogens is 273 g/mol. The molecule has 0 amide bonds. The number of halogens is 3. The molecule has 0 spiro atoms. The number of hydrogen-bond donors (Lipinski definition) is 2. The number of sulfonamides is 1. The monoisotopic (exact) mass is 284 g/mol. The minimum atomic E-state index is -5.38. The van der Waals surface area contributed by atoms with Crippen LogP contribution in [0.4, 0.5) is 18.9 Å². The summed E-state index contributed by atoms with van der Waals surface area (Å²) in [4.78, 5) is 0. The molecule has 0 saturated carbocycles. The Morgan fingerprint density at radius 2 is 1.78 bits per heavy atom. The fraction of sp³-hybridized carbons (Fsp3) is 0.333. The number of hydrogen-bond acceptors (Lipinski definition) is 4. The summed E-state index contributed by atoms with van der Waals surface area (Å²) in [5.41, 5.74) is -5.53. The second-order valence-electron chi connectivity index (χ2n) is 3.22. The summed E-state index contributed by atoms with van der Waals surface area (Å²) in [5, 5.41) is 2.71. The molecule has 5 nitrogen and oxygen atoms in total. The number of nitrogens with one attached hydrogen (secondary N) is 2. The Hall–Kier alpha value is -1.48. The van der Waals surface area contributed by atoms with E-state index in [1.807, 2.05) is 0 Å². The van der Waals surface area contributed by atoms with Crippen LogP contribution in [0, 0.1) is 0 Å². The van der Waals surface area contributed by atoms with Crippen molar-refractivity contribution in [3.63, 3.8) is 0 Å². The number of anilines is 1. The van der Waals surface area contributed by atoms with Gasteiger partial charge in [0.15, 0.2) is 0 Å². The second-order valence-corrected chi connectivity index (χ2v) is 4.89. The Bertz CT molecular complexity index is 485. The molecule has 0 atom stereocenters. The average Bonchev–Trinajstić information content (AvgIpc) is 2.26. The molecule has 1 rings (SSSR count). The van der Waals surface area contributed by atoms with Crippen LogP contribution in [-0.2, 0) is 10.0 Å². The molecule has 2 N–H and O–H groups in total. The van der Waals surface area contributed by atoms with Gasteiger partial charge in [0.25, 0.3) is 0 Å². The van der Waals surface area contributed by atoms with Crippen LogP contribution in [0.3, 0.4) is 0 Å². The lowest BCUT2D eigenvalue weighted by atomic mass is 10.3. The number of alkyl halides is 3. The molecule has 0 unspecified atom stereocenters. The van der Waals surface area contributed by atoms with Gasteiger partial charge in [-0.05, 0) is 31.3 Å². The van der Waals surface area contributed by atoms with Gasteiger partial charge in [0.1, 0.15) is 12.5 Å². The molecule has 0 heterocycles. The summed E-state index contributed by atoms with van der Waals surface area (Å²) in [5.74, 6) is 0.402. The highest BCUT2D eigenvalue weighted by Gasteiger charge is 2.45. The number of rotatable bonds is 5. The summed E-state index contributed by atoms with van der Waals surface area (Å²) < 4.78 is 64.4. The Labute approximate surface area is 102 Å². The molecule has 0 aliphatic rings. The molecule has 9 heteroatoms. The predicted molar refractivity (Wildman–Crippen MR) is 59.6 cm³/mol. The third kappa shape index (κ3) is 3.77. The van der Waals surface area contributed by atoms with E-state index < -0.39 is 15.5 Å². The van der Waals surface area contributed by atoms with Gasteiger partial charge in [0.2, 0.25) is 0 Å². The van der Waals surface area contributed by atoms with Crippen LogP contribution in [-0.4, -0.2) is 27.7 Å². The maximum absolute atomic E-state index is 12.1. The maximum Gasteiger partial charge on any atom is 0.516 e. The molecule has 0 aliphatic heterocycles. The molecule has 0 fully saturated rings. The van der Waals surface area contributed by atoms with Crippen molar-refractivity contribution < 1.29 is 26.3 Å². The molecule has 102 valence electrons. The van der Waals surface area contributed by atoms with Crippen molar-refractivity contribution in [2.24, 2.45) is 0 Å². The van der Waals surface area contributed by atoms with Gasteiger partial charge in [-0.3, -0.25) is 10.0 Å². The second kappa shape index (κ2) is 5.44. The third-order valence-electron chi connectivity index (χ3n) is 1.79. The lowest BCUT2D eigenvalue weighted by Crippen LogP contribution is -2.29. The van der Waals surface area contributed by atoms with E-state index >= 15 is 0 Å². The van der Waals surface area contributed by atoms with Crippen molar-refractivity contribution in [3.8, 4) is 5.75 Å². The highest BCUT2D eigenvalue weighted by atomic mass is 32.2. The summed E-state index contributed by atoms with van der Waals surface area (Å²) in [7, 11) is -3.73. The molecule has 0 bridgehead atoms. The van der Waals surface area contributed by atoms with Gasteiger partial charge in [0, 0.05) is 5.69 Å². The molecule has 0 saturated heterocycles. The fourth-order valence-corrected chi connectivity index (χ4v) is 1.55. The molecule has 0 aliphatic carbocycles. The van der Waals surface area contributed by atoms with Gasteiger partial charge < -0.3 is 4.74 Å². The van der Waals surface area contributed by atoms with Gasteiger partial charge in [-0.15, -0.1) is 0 Å². The minimum Gasteiger partial charge on any atom is -0.478 e. The van der Waals surface area contributed by atoms with Crippen LogP contribution < -0.4 is 14.8 Å². The predicted octanol–water partition coefficient (Wildman–Crippen LogP) is 1.50. The van der Waals surface area contributed by atoms with Crippen molar-refractivity contribution in [3.05, 3.63) is 24.3 Å². The van der Waals surface area contributed by atoms with E-state index in [4.69, 9.17) is 4.74 Å². The normalized spacial score (nSPS) is 12.2. The molecule has 1 aromatic rings. The largest absolute Gasteiger partial charge is 0.516 e. The first-order valence-corrected chi connectivity index (χ1v) is 6.21. The van der Waals surface area contributed by atoms with Gasteiger partial charge in [0.05, 0.1) is 0 Å². The molecule has 0 aromatic heterocycles.